The van der Waals surface area contributed by atoms with Crippen LogP contribution in [0.2, 0.25) is 5.02 Å². The molecule has 0 amide bonds. The second-order valence-corrected chi connectivity index (χ2v) is 6.81. The third-order valence-corrected chi connectivity index (χ3v) is 5.02. The van der Waals surface area contributed by atoms with E-state index in [1.807, 2.05) is 25.1 Å². The molecule has 0 unspecified atom stereocenters. The van der Waals surface area contributed by atoms with Gasteiger partial charge in [-0.3, -0.25) is 4.90 Å². The van der Waals surface area contributed by atoms with E-state index in [4.69, 9.17) is 11.6 Å². The zero-order valence-corrected chi connectivity index (χ0v) is 14.9. The number of nitrogens with zero attached hydrogens (tertiary/aromatic N) is 2. The molecule has 5 heteroatoms. The Labute approximate surface area is 147 Å². The van der Waals surface area contributed by atoms with Crippen molar-refractivity contribution in [1.82, 2.24) is 9.88 Å². The van der Waals surface area contributed by atoms with Crippen LogP contribution in [0.3, 0.4) is 0 Å². The summed E-state index contributed by atoms with van der Waals surface area (Å²) in [5, 5.41) is 4.20. The number of hydrogen-bond acceptors (Lipinski definition) is 3. The molecule has 3 nitrogen and oxygen atoms in total. The summed E-state index contributed by atoms with van der Waals surface area (Å²) in [7, 11) is 0. The van der Waals surface area contributed by atoms with Gasteiger partial charge in [0.25, 0.3) is 0 Å². The number of benzene rings is 1. The van der Waals surface area contributed by atoms with Crippen molar-refractivity contribution in [2.24, 2.45) is 0 Å². The number of anilines is 1. The summed E-state index contributed by atoms with van der Waals surface area (Å²) in [5.41, 5.74) is 2.92. The lowest BCUT2D eigenvalue weighted by Gasteiger charge is -2.30. The number of halogens is 2. The zero-order valence-electron chi connectivity index (χ0n) is 14.1. The Morgan fingerprint density at radius 3 is 2.75 bits per heavy atom. The summed E-state index contributed by atoms with van der Waals surface area (Å²) < 4.78 is 14.0. The average molecular weight is 348 g/mol. The van der Waals surface area contributed by atoms with Gasteiger partial charge in [0.1, 0.15) is 11.6 Å². The predicted molar refractivity (Wildman–Crippen MR) is 96.9 cm³/mol. The van der Waals surface area contributed by atoms with E-state index in [0.717, 1.165) is 35.7 Å². The van der Waals surface area contributed by atoms with Gasteiger partial charge in [-0.15, -0.1) is 0 Å². The van der Waals surface area contributed by atoms with Gasteiger partial charge in [0.15, 0.2) is 0 Å². The molecule has 1 aromatic carbocycles. The van der Waals surface area contributed by atoms with Gasteiger partial charge in [0.05, 0.1) is 12.2 Å². The molecule has 0 bridgehead atoms. The standard InChI is InChI=1S/C19H23ClFN3/c1-3-18(14-5-6-16(20)13(2)9-14)23-19-10-15(17(21)11-22-19)12-24-7-4-8-24/h5-6,9-11,18H,3-4,7-8,12H2,1-2H3,(H,22,23)/t18-/m1/s1. The summed E-state index contributed by atoms with van der Waals surface area (Å²) in [6.07, 6.45) is 3.42. The van der Waals surface area contributed by atoms with Crippen LogP contribution in [-0.4, -0.2) is 23.0 Å². The minimum Gasteiger partial charge on any atom is -0.363 e. The molecule has 1 fully saturated rings. The lowest BCUT2D eigenvalue weighted by molar-refractivity contribution is 0.170. The molecule has 24 heavy (non-hydrogen) atoms. The molecule has 0 radical (unpaired) electrons. The van der Waals surface area contributed by atoms with Crippen LogP contribution < -0.4 is 5.32 Å². The second kappa shape index (κ2) is 7.49. The molecule has 1 aliphatic heterocycles. The van der Waals surface area contributed by atoms with Crippen molar-refractivity contribution in [2.45, 2.75) is 39.3 Å². The Morgan fingerprint density at radius 1 is 1.33 bits per heavy atom. The van der Waals surface area contributed by atoms with Crippen LogP contribution in [0.1, 0.15) is 42.5 Å². The Hall–Kier alpha value is -1.65. The van der Waals surface area contributed by atoms with E-state index in [-0.39, 0.29) is 11.9 Å². The van der Waals surface area contributed by atoms with E-state index in [1.165, 1.54) is 12.6 Å². The summed E-state index contributed by atoms with van der Waals surface area (Å²) in [6, 6.07) is 7.99. The van der Waals surface area contributed by atoms with Crippen LogP contribution in [0.15, 0.2) is 30.5 Å². The summed E-state index contributed by atoms with van der Waals surface area (Å²) in [5.74, 6) is 0.481. The summed E-state index contributed by atoms with van der Waals surface area (Å²) in [4.78, 5) is 6.45. The number of aromatic nitrogens is 1. The summed E-state index contributed by atoms with van der Waals surface area (Å²) in [6.45, 7) is 6.87. The molecule has 2 aromatic rings. The number of aryl methyl sites for hydroxylation is 1. The quantitative estimate of drug-likeness (QED) is 0.801. The molecule has 1 N–H and O–H groups in total. The topological polar surface area (TPSA) is 28.2 Å². The maximum absolute atomic E-state index is 14.0. The van der Waals surface area contributed by atoms with E-state index in [1.54, 1.807) is 0 Å². The van der Waals surface area contributed by atoms with E-state index < -0.39 is 0 Å². The third-order valence-electron chi connectivity index (χ3n) is 4.59. The minimum atomic E-state index is -0.233. The Kier molecular flexibility index (Phi) is 5.36. The van der Waals surface area contributed by atoms with Crippen molar-refractivity contribution in [3.63, 3.8) is 0 Å². The van der Waals surface area contributed by atoms with Gasteiger partial charge < -0.3 is 5.32 Å². The van der Waals surface area contributed by atoms with Crippen molar-refractivity contribution < 1.29 is 4.39 Å². The smallest absolute Gasteiger partial charge is 0.146 e. The first kappa shape index (κ1) is 17.2. The molecule has 0 aliphatic carbocycles. The van der Waals surface area contributed by atoms with Crippen molar-refractivity contribution in [2.75, 3.05) is 18.4 Å². The number of hydrogen-bond donors (Lipinski definition) is 1. The average Bonchev–Trinajstić information content (AvgIpc) is 2.53. The molecule has 1 aromatic heterocycles. The first-order valence-electron chi connectivity index (χ1n) is 8.46. The Morgan fingerprint density at radius 2 is 2.12 bits per heavy atom. The van der Waals surface area contributed by atoms with Crippen molar-refractivity contribution >= 4 is 17.4 Å². The first-order chi connectivity index (χ1) is 11.6. The van der Waals surface area contributed by atoms with Crippen molar-refractivity contribution in [1.29, 1.82) is 0 Å². The van der Waals surface area contributed by atoms with Crippen molar-refractivity contribution in [3.8, 4) is 0 Å². The molecular formula is C19H23ClFN3. The molecule has 3 rings (SSSR count). The van der Waals surface area contributed by atoms with Crippen LogP contribution in [0.25, 0.3) is 0 Å². The van der Waals surface area contributed by atoms with Crippen LogP contribution >= 0.6 is 11.6 Å². The maximum atomic E-state index is 14.0. The monoisotopic (exact) mass is 347 g/mol. The highest BCUT2D eigenvalue weighted by Gasteiger charge is 2.17. The summed E-state index contributed by atoms with van der Waals surface area (Å²) >= 11 is 6.12. The molecule has 1 aliphatic rings. The van der Waals surface area contributed by atoms with Gasteiger partial charge in [0.2, 0.25) is 0 Å². The minimum absolute atomic E-state index is 0.121. The van der Waals surface area contributed by atoms with E-state index in [0.29, 0.717) is 17.9 Å². The lowest BCUT2D eigenvalue weighted by Crippen LogP contribution is -2.36. The van der Waals surface area contributed by atoms with Gasteiger partial charge >= 0.3 is 0 Å². The normalized spacial score (nSPS) is 15.8. The van der Waals surface area contributed by atoms with E-state index >= 15 is 0 Å². The maximum Gasteiger partial charge on any atom is 0.146 e. The van der Waals surface area contributed by atoms with Gasteiger partial charge in [-0.25, -0.2) is 9.37 Å². The van der Waals surface area contributed by atoms with Gasteiger partial charge in [0, 0.05) is 17.1 Å². The largest absolute Gasteiger partial charge is 0.363 e. The van der Waals surface area contributed by atoms with E-state index in [9.17, 15) is 4.39 Å². The zero-order chi connectivity index (χ0) is 17.1. The number of pyridine rings is 1. The fourth-order valence-electron chi connectivity index (χ4n) is 2.95. The van der Waals surface area contributed by atoms with Crippen LogP contribution in [0, 0.1) is 12.7 Å². The molecular weight excluding hydrogens is 325 g/mol. The lowest BCUT2D eigenvalue weighted by atomic mass is 10.0. The molecule has 1 atom stereocenters. The van der Waals surface area contributed by atoms with Crippen LogP contribution in [0.5, 0.6) is 0 Å². The fraction of sp³-hybridized carbons (Fsp3) is 0.421. The molecule has 1 saturated heterocycles. The van der Waals surface area contributed by atoms with Gasteiger partial charge in [-0.1, -0.05) is 30.7 Å². The number of nitrogens with one attached hydrogen (secondary N) is 1. The second-order valence-electron chi connectivity index (χ2n) is 6.40. The number of likely N-dealkylation sites (tertiary alicyclic amines) is 1. The van der Waals surface area contributed by atoms with Crippen LogP contribution in [-0.2, 0) is 6.54 Å². The number of rotatable bonds is 6. The van der Waals surface area contributed by atoms with Crippen molar-refractivity contribution in [3.05, 3.63) is 58.0 Å². The Balaban J connectivity index is 1.77. The van der Waals surface area contributed by atoms with Gasteiger partial charge in [-0.2, -0.15) is 0 Å². The Bertz CT molecular complexity index is 716. The highest BCUT2D eigenvalue weighted by molar-refractivity contribution is 6.31. The highest BCUT2D eigenvalue weighted by atomic mass is 35.5. The van der Waals surface area contributed by atoms with Gasteiger partial charge in [-0.05, 0) is 56.1 Å². The van der Waals surface area contributed by atoms with Crippen LogP contribution in [0.4, 0.5) is 10.2 Å². The molecule has 128 valence electrons. The highest BCUT2D eigenvalue weighted by Crippen LogP contribution is 2.26. The SMILES string of the molecule is CC[C@@H](Nc1cc(CN2CCC2)c(F)cn1)c1ccc(Cl)c(C)c1. The van der Waals surface area contributed by atoms with E-state index in [2.05, 4.69) is 28.2 Å². The molecule has 0 saturated carbocycles. The fourth-order valence-corrected chi connectivity index (χ4v) is 3.06. The first-order valence-corrected chi connectivity index (χ1v) is 8.84. The molecule has 2 heterocycles. The molecule has 0 spiro atoms. The third kappa shape index (κ3) is 3.87. The predicted octanol–water partition coefficient (Wildman–Crippen LogP) is 4.95.